The quantitative estimate of drug-likeness (QED) is 0.650. The summed E-state index contributed by atoms with van der Waals surface area (Å²) in [4.78, 5) is 11.6. The van der Waals surface area contributed by atoms with Gasteiger partial charge in [-0.2, -0.15) is 0 Å². The van der Waals surface area contributed by atoms with E-state index in [9.17, 15) is 4.79 Å². The molecule has 0 amide bonds. The standard InChI is InChI=1S/C13H10O5/c1-15-12(14)11-10-9(13(16-2)18-11)7-5-3-4-6-8(7)17-10/h3-6H,1-2H3. The molecule has 18 heavy (non-hydrogen) atoms. The third-order valence-electron chi connectivity index (χ3n) is 2.76. The predicted molar refractivity (Wildman–Crippen MR) is 63.9 cm³/mol. The van der Waals surface area contributed by atoms with Gasteiger partial charge in [0, 0.05) is 5.39 Å². The largest absolute Gasteiger partial charge is 0.468 e. The number of hydrogen-bond acceptors (Lipinski definition) is 5. The minimum Gasteiger partial charge on any atom is -0.468 e. The average molecular weight is 246 g/mol. The van der Waals surface area contributed by atoms with E-state index < -0.39 is 5.97 Å². The lowest BCUT2D eigenvalue weighted by Gasteiger charge is -1.95. The van der Waals surface area contributed by atoms with Crippen molar-refractivity contribution in [1.82, 2.24) is 0 Å². The fourth-order valence-electron chi connectivity index (χ4n) is 1.97. The molecule has 0 aliphatic carbocycles. The van der Waals surface area contributed by atoms with Crippen LogP contribution in [0.1, 0.15) is 10.6 Å². The number of benzene rings is 1. The molecular weight excluding hydrogens is 236 g/mol. The Morgan fingerprint density at radius 3 is 2.67 bits per heavy atom. The maximum absolute atomic E-state index is 11.6. The highest BCUT2D eigenvalue weighted by molar-refractivity contribution is 6.13. The molecular formula is C13H10O5. The van der Waals surface area contributed by atoms with E-state index in [1.165, 1.54) is 14.2 Å². The van der Waals surface area contributed by atoms with Crippen molar-refractivity contribution in [2.45, 2.75) is 0 Å². The molecule has 3 rings (SSSR count). The first-order valence-electron chi connectivity index (χ1n) is 5.32. The zero-order valence-corrected chi connectivity index (χ0v) is 9.85. The van der Waals surface area contributed by atoms with Crippen LogP contribution in [0.15, 0.2) is 33.1 Å². The molecule has 92 valence electrons. The van der Waals surface area contributed by atoms with Gasteiger partial charge in [0.15, 0.2) is 5.58 Å². The summed E-state index contributed by atoms with van der Waals surface area (Å²) in [5.74, 6) is -0.335. The van der Waals surface area contributed by atoms with E-state index in [2.05, 4.69) is 4.74 Å². The number of fused-ring (bicyclic) bond motifs is 3. The molecule has 0 bridgehead atoms. The van der Waals surface area contributed by atoms with Gasteiger partial charge in [0.2, 0.25) is 0 Å². The van der Waals surface area contributed by atoms with E-state index in [4.69, 9.17) is 13.6 Å². The number of para-hydroxylation sites is 1. The van der Waals surface area contributed by atoms with Crippen LogP contribution in [0.5, 0.6) is 5.95 Å². The van der Waals surface area contributed by atoms with Crippen molar-refractivity contribution in [3.63, 3.8) is 0 Å². The Morgan fingerprint density at radius 2 is 1.94 bits per heavy atom. The van der Waals surface area contributed by atoms with E-state index in [1.54, 1.807) is 0 Å². The molecule has 0 atom stereocenters. The van der Waals surface area contributed by atoms with Crippen molar-refractivity contribution in [3.05, 3.63) is 30.0 Å². The van der Waals surface area contributed by atoms with Crippen molar-refractivity contribution in [2.75, 3.05) is 14.2 Å². The molecule has 0 radical (unpaired) electrons. The summed E-state index contributed by atoms with van der Waals surface area (Å²) < 4.78 is 20.7. The molecule has 2 aromatic heterocycles. The minimum absolute atomic E-state index is 0.0144. The summed E-state index contributed by atoms with van der Waals surface area (Å²) in [6.45, 7) is 0. The molecule has 0 fully saturated rings. The van der Waals surface area contributed by atoms with Gasteiger partial charge in [0.1, 0.15) is 11.0 Å². The second-order valence-corrected chi connectivity index (χ2v) is 3.72. The maximum Gasteiger partial charge on any atom is 0.378 e. The van der Waals surface area contributed by atoms with Crippen LogP contribution in [-0.4, -0.2) is 20.2 Å². The molecule has 2 heterocycles. The number of hydrogen-bond donors (Lipinski definition) is 0. The molecule has 3 aromatic rings. The van der Waals surface area contributed by atoms with Gasteiger partial charge in [-0.15, -0.1) is 0 Å². The molecule has 0 saturated heterocycles. The molecule has 0 unspecified atom stereocenters. The van der Waals surface area contributed by atoms with Gasteiger partial charge in [-0.1, -0.05) is 18.2 Å². The maximum atomic E-state index is 11.6. The first kappa shape index (κ1) is 10.7. The van der Waals surface area contributed by atoms with Crippen LogP contribution in [0.2, 0.25) is 0 Å². The zero-order valence-electron chi connectivity index (χ0n) is 9.85. The van der Waals surface area contributed by atoms with Crippen LogP contribution in [0.25, 0.3) is 21.9 Å². The average Bonchev–Trinajstić information content (AvgIpc) is 2.94. The third kappa shape index (κ3) is 1.30. The second-order valence-electron chi connectivity index (χ2n) is 3.72. The van der Waals surface area contributed by atoms with E-state index in [0.29, 0.717) is 16.6 Å². The van der Waals surface area contributed by atoms with Gasteiger partial charge >= 0.3 is 5.97 Å². The van der Waals surface area contributed by atoms with Gasteiger partial charge < -0.3 is 18.3 Å². The van der Waals surface area contributed by atoms with Crippen molar-refractivity contribution in [2.24, 2.45) is 0 Å². The highest BCUT2D eigenvalue weighted by Crippen LogP contribution is 2.39. The first-order chi connectivity index (χ1) is 8.76. The topological polar surface area (TPSA) is 61.8 Å². The molecule has 0 saturated carbocycles. The van der Waals surface area contributed by atoms with E-state index in [-0.39, 0.29) is 11.7 Å². The van der Waals surface area contributed by atoms with Crippen LogP contribution in [0.3, 0.4) is 0 Å². The SMILES string of the molecule is COC(=O)c1oc(OC)c2c1oc1ccccc12. The second kappa shape index (κ2) is 3.80. The predicted octanol–water partition coefficient (Wildman–Crippen LogP) is 2.97. The van der Waals surface area contributed by atoms with Gasteiger partial charge in [0.25, 0.3) is 11.7 Å². The Labute approximate surface area is 102 Å². The highest BCUT2D eigenvalue weighted by atomic mass is 16.6. The van der Waals surface area contributed by atoms with Gasteiger partial charge in [-0.25, -0.2) is 4.79 Å². The van der Waals surface area contributed by atoms with Crippen LogP contribution < -0.4 is 4.74 Å². The molecule has 0 aliphatic rings. The molecule has 0 aliphatic heterocycles. The van der Waals surface area contributed by atoms with Crippen LogP contribution >= 0.6 is 0 Å². The Hall–Kier alpha value is -2.43. The van der Waals surface area contributed by atoms with Gasteiger partial charge in [0.05, 0.1) is 14.2 Å². The number of esters is 1. The number of carbonyl (C=O) groups excluding carboxylic acids is 1. The van der Waals surface area contributed by atoms with Gasteiger partial charge in [-0.05, 0) is 6.07 Å². The monoisotopic (exact) mass is 246 g/mol. The van der Waals surface area contributed by atoms with E-state index >= 15 is 0 Å². The fourth-order valence-corrected chi connectivity index (χ4v) is 1.97. The summed E-state index contributed by atoms with van der Waals surface area (Å²) in [7, 11) is 2.76. The molecule has 5 nitrogen and oxygen atoms in total. The summed E-state index contributed by atoms with van der Waals surface area (Å²) in [6, 6.07) is 7.42. The number of ether oxygens (including phenoxy) is 2. The Balaban J connectivity index is 2.43. The summed E-state index contributed by atoms with van der Waals surface area (Å²) in [5.41, 5.74) is 1.02. The van der Waals surface area contributed by atoms with Crippen LogP contribution in [0.4, 0.5) is 0 Å². The summed E-state index contributed by atoms with van der Waals surface area (Å²) >= 11 is 0. The molecule has 0 spiro atoms. The van der Waals surface area contributed by atoms with Crippen molar-refractivity contribution >= 4 is 27.9 Å². The lowest BCUT2D eigenvalue weighted by atomic mass is 10.2. The number of furan rings is 2. The van der Waals surface area contributed by atoms with Crippen LogP contribution in [0, 0.1) is 0 Å². The number of methoxy groups -OCH3 is 2. The number of carbonyl (C=O) groups is 1. The highest BCUT2D eigenvalue weighted by Gasteiger charge is 2.26. The normalized spacial score (nSPS) is 11.0. The third-order valence-corrected chi connectivity index (χ3v) is 2.76. The van der Waals surface area contributed by atoms with Crippen LogP contribution in [-0.2, 0) is 4.74 Å². The molecule has 1 aromatic carbocycles. The van der Waals surface area contributed by atoms with Crippen molar-refractivity contribution in [1.29, 1.82) is 0 Å². The lowest BCUT2D eigenvalue weighted by Crippen LogP contribution is -1.98. The first-order valence-corrected chi connectivity index (χ1v) is 5.32. The Bertz CT molecular complexity index is 734. The smallest absolute Gasteiger partial charge is 0.378 e. The minimum atomic E-state index is -0.595. The van der Waals surface area contributed by atoms with E-state index in [1.807, 2.05) is 24.3 Å². The zero-order chi connectivity index (χ0) is 12.7. The van der Waals surface area contributed by atoms with Crippen molar-refractivity contribution in [3.8, 4) is 5.95 Å². The summed E-state index contributed by atoms with van der Waals surface area (Å²) in [6.07, 6.45) is 0. The lowest BCUT2D eigenvalue weighted by molar-refractivity contribution is 0.0560. The Kier molecular flexibility index (Phi) is 2.26. The summed E-state index contributed by atoms with van der Waals surface area (Å²) in [5, 5.41) is 1.48. The number of rotatable bonds is 2. The fraction of sp³-hybridized carbons (Fsp3) is 0.154. The molecule has 0 N–H and O–H groups in total. The molecule has 5 heteroatoms. The Morgan fingerprint density at radius 1 is 1.17 bits per heavy atom. The van der Waals surface area contributed by atoms with Gasteiger partial charge in [-0.3, -0.25) is 0 Å². The van der Waals surface area contributed by atoms with E-state index in [0.717, 1.165) is 5.39 Å². The van der Waals surface area contributed by atoms with Crippen molar-refractivity contribution < 1.29 is 23.1 Å².